The summed E-state index contributed by atoms with van der Waals surface area (Å²) in [6, 6.07) is 1.45. The normalized spacial score (nSPS) is 11.6. The SMILES string of the molecule is CN(CC(F)(F)F)c1cc(CN)c(Cl)cn1. The van der Waals surface area contributed by atoms with Gasteiger partial charge in [0.15, 0.2) is 0 Å². The van der Waals surface area contributed by atoms with Crippen molar-refractivity contribution < 1.29 is 13.2 Å². The summed E-state index contributed by atoms with van der Waals surface area (Å²) in [6.45, 7) is -0.903. The maximum Gasteiger partial charge on any atom is 0.405 e. The van der Waals surface area contributed by atoms with Gasteiger partial charge in [-0.3, -0.25) is 0 Å². The topological polar surface area (TPSA) is 42.1 Å². The van der Waals surface area contributed by atoms with Crippen LogP contribution in [0.2, 0.25) is 5.02 Å². The number of rotatable bonds is 3. The van der Waals surface area contributed by atoms with Gasteiger partial charge >= 0.3 is 6.18 Å². The third-order valence-corrected chi connectivity index (χ3v) is 2.29. The molecule has 0 saturated heterocycles. The van der Waals surface area contributed by atoms with Crippen molar-refractivity contribution in [2.45, 2.75) is 12.7 Å². The zero-order valence-corrected chi connectivity index (χ0v) is 9.31. The van der Waals surface area contributed by atoms with Crippen LogP contribution in [-0.4, -0.2) is 24.8 Å². The van der Waals surface area contributed by atoms with Crippen LogP contribution in [0.5, 0.6) is 0 Å². The molecule has 0 spiro atoms. The molecule has 0 bridgehead atoms. The number of pyridine rings is 1. The Balaban J connectivity index is 2.88. The van der Waals surface area contributed by atoms with E-state index in [0.29, 0.717) is 10.6 Å². The Morgan fingerprint density at radius 3 is 2.62 bits per heavy atom. The van der Waals surface area contributed by atoms with Gasteiger partial charge in [0.25, 0.3) is 0 Å². The molecule has 0 aliphatic heterocycles. The van der Waals surface area contributed by atoms with Crippen LogP contribution < -0.4 is 10.6 Å². The zero-order valence-electron chi connectivity index (χ0n) is 8.55. The highest BCUT2D eigenvalue weighted by Gasteiger charge is 2.29. The second-order valence-corrected chi connectivity index (χ2v) is 3.72. The van der Waals surface area contributed by atoms with E-state index in [2.05, 4.69) is 4.98 Å². The lowest BCUT2D eigenvalue weighted by molar-refractivity contribution is -0.119. The quantitative estimate of drug-likeness (QED) is 0.898. The molecule has 0 aliphatic rings. The third kappa shape index (κ3) is 3.53. The van der Waals surface area contributed by atoms with Crippen LogP contribution in [0.4, 0.5) is 19.0 Å². The second kappa shape index (κ2) is 4.88. The van der Waals surface area contributed by atoms with E-state index in [1.807, 2.05) is 0 Å². The van der Waals surface area contributed by atoms with E-state index in [4.69, 9.17) is 17.3 Å². The Morgan fingerprint density at radius 1 is 1.50 bits per heavy atom. The summed E-state index contributed by atoms with van der Waals surface area (Å²) in [7, 11) is 1.31. The summed E-state index contributed by atoms with van der Waals surface area (Å²) in [4.78, 5) is 4.80. The summed E-state index contributed by atoms with van der Waals surface area (Å²) in [5.74, 6) is 0.196. The van der Waals surface area contributed by atoms with Crippen molar-refractivity contribution >= 4 is 17.4 Å². The van der Waals surface area contributed by atoms with Crippen molar-refractivity contribution in [3.63, 3.8) is 0 Å². The molecule has 3 nitrogen and oxygen atoms in total. The van der Waals surface area contributed by atoms with Crippen molar-refractivity contribution in [3.05, 3.63) is 22.8 Å². The van der Waals surface area contributed by atoms with Crippen LogP contribution in [-0.2, 0) is 6.54 Å². The molecule has 2 N–H and O–H groups in total. The summed E-state index contributed by atoms with van der Waals surface area (Å²) in [6.07, 6.45) is -2.97. The van der Waals surface area contributed by atoms with Gasteiger partial charge in [-0.05, 0) is 11.6 Å². The summed E-state index contributed by atoms with van der Waals surface area (Å²) in [5, 5.41) is 0.353. The van der Waals surface area contributed by atoms with Gasteiger partial charge in [-0.1, -0.05) is 11.6 Å². The number of hydrogen-bond donors (Lipinski definition) is 1. The maximum absolute atomic E-state index is 12.1. The van der Waals surface area contributed by atoms with E-state index in [1.165, 1.54) is 19.3 Å². The molecule has 1 rings (SSSR count). The molecule has 0 aromatic carbocycles. The number of nitrogens with two attached hydrogens (primary N) is 1. The molecule has 0 unspecified atom stereocenters. The molecule has 7 heteroatoms. The highest BCUT2D eigenvalue weighted by atomic mass is 35.5. The highest BCUT2D eigenvalue weighted by Crippen LogP contribution is 2.22. The highest BCUT2D eigenvalue weighted by molar-refractivity contribution is 6.31. The second-order valence-electron chi connectivity index (χ2n) is 3.31. The molecule has 90 valence electrons. The molecule has 1 aromatic rings. The summed E-state index contributed by atoms with van der Waals surface area (Å²) >= 11 is 5.75. The first-order valence-corrected chi connectivity index (χ1v) is 4.83. The first-order valence-electron chi connectivity index (χ1n) is 4.46. The zero-order chi connectivity index (χ0) is 12.3. The van der Waals surface area contributed by atoms with Gasteiger partial charge in [0.2, 0.25) is 0 Å². The number of aromatic nitrogens is 1. The molecular formula is C9H11ClF3N3. The molecule has 0 amide bonds. The average Bonchev–Trinajstić information content (AvgIpc) is 2.15. The first-order chi connectivity index (χ1) is 7.33. The van der Waals surface area contributed by atoms with E-state index < -0.39 is 12.7 Å². The molecular weight excluding hydrogens is 243 g/mol. The molecule has 1 aromatic heterocycles. The summed E-state index contributed by atoms with van der Waals surface area (Å²) in [5.41, 5.74) is 5.96. The predicted octanol–water partition coefficient (Wildman–Crippen LogP) is 2.19. The molecule has 0 radical (unpaired) electrons. The molecule has 16 heavy (non-hydrogen) atoms. The Kier molecular flexibility index (Phi) is 3.98. The molecule has 0 aliphatic carbocycles. The van der Waals surface area contributed by atoms with Gasteiger partial charge in [0.05, 0.1) is 5.02 Å². The standard InChI is InChI=1S/C9H11ClF3N3/c1-16(5-9(11,12)13)8-2-6(3-14)7(10)4-15-8/h2,4H,3,5,14H2,1H3. The number of halogens is 4. The van der Waals surface area contributed by atoms with E-state index in [9.17, 15) is 13.2 Å². The van der Waals surface area contributed by atoms with Crippen LogP contribution in [0, 0.1) is 0 Å². The summed E-state index contributed by atoms with van der Waals surface area (Å²) < 4.78 is 36.4. The van der Waals surface area contributed by atoms with Gasteiger partial charge in [-0.25, -0.2) is 4.98 Å². The van der Waals surface area contributed by atoms with Crippen molar-refractivity contribution in [2.75, 3.05) is 18.5 Å². The Bertz CT molecular complexity index is 368. The van der Waals surface area contributed by atoms with Crippen LogP contribution in [0.3, 0.4) is 0 Å². The van der Waals surface area contributed by atoms with Crippen LogP contribution in [0.15, 0.2) is 12.3 Å². The van der Waals surface area contributed by atoms with Crippen molar-refractivity contribution in [3.8, 4) is 0 Å². The lowest BCUT2D eigenvalue weighted by Gasteiger charge is -2.20. The number of nitrogens with zero attached hydrogens (tertiary/aromatic N) is 2. The fourth-order valence-corrected chi connectivity index (χ4v) is 1.36. The average molecular weight is 254 g/mol. The van der Waals surface area contributed by atoms with E-state index in [1.54, 1.807) is 0 Å². The van der Waals surface area contributed by atoms with Gasteiger partial charge in [-0.15, -0.1) is 0 Å². The van der Waals surface area contributed by atoms with E-state index >= 15 is 0 Å². The minimum Gasteiger partial charge on any atom is -0.351 e. The van der Waals surface area contributed by atoms with E-state index in [-0.39, 0.29) is 12.4 Å². The number of hydrogen-bond acceptors (Lipinski definition) is 3. The number of alkyl halides is 3. The monoisotopic (exact) mass is 253 g/mol. The minimum atomic E-state index is -4.26. The predicted molar refractivity (Wildman–Crippen MR) is 56.5 cm³/mol. The van der Waals surface area contributed by atoms with Crippen LogP contribution >= 0.6 is 11.6 Å². The fourth-order valence-electron chi connectivity index (χ4n) is 1.18. The van der Waals surface area contributed by atoms with Crippen molar-refractivity contribution in [1.82, 2.24) is 4.98 Å². The van der Waals surface area contributed by atoms with Crippen LogP contribution in [0.25, 0.3) is 0 Å². The maximum atomic E-state index is 12.1. The van der Waals surface area contributed by atoms with Crippen molar-refractivity contribution in [1.29, 1.82) is 0 Å². The minimum absolute atomic E-state index is 0.161. The van der Waals surface area contributed by atoms with Crippen LogP contribution in [0.1, 0.15) is 5.56 Å². The third-order valence-electron chi connectivity index (χ3n) is 1.95. The smallest absolute Gasteiger partial charge is 0.351 e. The molecule has 0 fully saturated rings. The molecule has 0 saturated carbocycles. The molecule has 1 heterocycles. The largest absolute Gasteiger partial charge is 0.405 e. The Morgan fingerprint density at radius 2 is 2.12 bits per heavy atom. The Hall–Kier alpha value is -1.01. The fraction of sp³-hybridized carbons (Fsp3) is 0.444. The molecule has 0 atom stereocenters. The van der Waals surface area contributed by atoms with Gasteiger partial charge in [0, 0.05) is 19.8 Å². The van der Waals surface area contributed by atoms with Crippen molar-refractivity contribution in [2.24, 2.45) is 5.73 Å². The lowest BCUT2D eigenvalue weighted by Crippen LogP contribution is -2.31. The Labute approximate surface area is 96.0 Å². The van der Waals surface area contributed by atoms with Gasteiger partial charge < -0.3 is 10.6 Å². The number of anilines is 1. The van der Waals surface area contributed by atoms with Gasteiger partial charge in [-0.2, -0.15) is 13.2 Å². The first kappa shape index (κ1) is 13.1. The van der Waals surface area contributed by atoms with Gasteiger partial charge in [0.1, 0.15) is 12.4 Å². The lowest BCUT2D eigenvalue weighted by atomic mass is 10.2. The van der Waals surface area contributed by atoms with E-state index in [0.717, 1.165) is 4.90 Å².